The van der Waals surface area contributed by atoms with Gasteiger partial charge in [0.1, 0.15) is 0 Å². The highest BCUT2D eigenvalue weighted by molar-refractivity contribution is 5.08. The lowest BCUT2D eigenvalue weighted by molar-refractivity contribution is 0.265. The molecule has 2 nitrogen and oxygen atoms in total. The number of hydrogen-bond acceptors (Lipinski definition) is 2. The molecule has 18 heavy (non-hydrogen) atoms. The summed E-state index contributed by atoms with van der Waals surface area (Å²) in [6.07, 6.45) is 11.4. The first-order valence-electron chi connectivity index (χ1n) is 6.73. The van der Waals surface area contributed by atoms with Gasteiger partial charge in [-0.1, -0.05) is 42.5 Å². The molecule has 0 amide bonds. The van der Waals surface area contributed by atoms with Crippen molar-refractivity contribution in [3.05, 3.63) is 48.2 Å². The molecule has 0 bridgehead atoms. The van der Waals surface area contributed by atoms with Gasteiger partial charge in [-0.05, 0) is 39.5 Å². The Kier molecular flexibility index (Phi) is 6.51. The van der Waals surface area contributed by atoms with Crippen molar-refractivity contribution in [1.82, 2.24) is 10.4 Å². The van der Waals surface area contributed by atoms with Crippen LogP contribution in [0, 0.1) is 0 Å². The van der Waals surface area contributed by atoms with Crippen molar-refractivity contribution in [2.24, 2.45) is 0 Å². The number of nitrogens with one attached hydrogen (secondary N) is 1. The lowest BCUT2D eigenvalue weighted by Crippen LogP contribution is -2.39. The summed E-state index contributed by atoms with van der Waals surface area (Å²) in [5.74, 6) is 0. The molecule has 0 atom stereocenters. The molecule has 1 N–H and O–H groups in total. The molecule has 0 aromatic carbocycles. The van der Waals surface area contributed by atoms with Gasteiger partial charge in [0.05, 0.1) is 6.54 Å². The van der Waals surface area contributed by atoms with Gasteiger partial charge < -0.3 is 5.01 Å². The highest BCUT2D eigenvalue weighted by Crippen LogP contribution is 2.16. The molecule has 0 spiro atoms. The highest BCUT2D eigenvalue weighted by atomic mass is 15.5. The minimum atomic E-state index is 0.820. The third-order valence-corrected chi connectivity index (χ3v) is 2.79. The third-order valence-electron chi connectivity index (χ3n) is 2.79. The molecule has 0 unspecified atom stereocenters. The first-order valence-corrected chi connectivity index (χ1v) is 6.73. The fourth-order valence-corrected chi connectivity index (χ4v) is 1.92. The fraction of sp³-hybridized carbons (Fsp3) is 0.500. The van der Waals surface area contributed by atoms with Crippen LogP contribution in [0.3, 0.4) is 0 Å². The second-order valence-electron chi connectivity index (χ2n) is 5.12. The van der Waals surface area contributed by atoms with E-state index in [1.165, 1.54) is 11.3 Å². The van der Waals surface area contributed by atoms with Crippen molar-refractivity contribution < 1.29 is 0 Å². The zero-order chi connectivity index (χ0) is 13.4. The van der Waals surface area contributed by atoms with Crippen molar-refractivity contribution >= 4 is 0 Å². The van der Waals surface area contributed by atoms with Crippen LogP contribution in [0.15, 0.2) is 48.2 Å². The molecule has 0 aliphatic heterocycles. The van der Waals surface area contributed by atoms with E-state index in [9.17, 15) is 0 Å². The number of nitrogens with zero attached hydrogens (tertiary/aromatic N) is 1. The summed E-state index contributed by atoms with van der Waals surface area (Å²) in [6.45, 7) is 13.8. The first-order chi connectivity index (χ1) is 8.59. The molecule has 0 aromatic rings. The van der Waals surface area contributed by atoms with Gasteiger partial charge in [-0.3, -0.25) is 0 Å². The topological polar surface area (TPSA) is 15.3 Å². The van der Waals surface area contributed by atoms with Crippen LogP contribution in [-0.2, 0) is 0 Å². The molecular weight excluding hydrogens is 220 g/mol. The number of hydrogen-bond donors (Lipinski definition) is 1. The van der Waals surface area contributed by atoms with E-state index < -0.39 is 0 Å². The largest absolute Gasteiger partial charge is 0.308 e. The molecule has 0 saturated heterocycles. The van der Waals surface area contributed by atoms with E-state index in [0.717, 1.165) is 44.3 Å². The van der Waals surface area contributed by atoms with Gasteiger partial charge in [0.25, 0.3) is 0 Å². The zero-order valence-electron chi connectivity index (χ0n) is 11.8. The summed E-state index contributed by atoms with van der Waals surface area (Å²) in [6, 6.07) is 0. The Morgan fingerprint density at radius 3 is 2.56 bits per heavy atom. The Bertz CT molecular complexity index is 350. The summed E-state index contributed by atoms with van der Waals surface area (Å²) in [5.41, 5.74) is 7.14. The van der Waals surface area contributed by atoms with Crippen LogP contribution >= 0.6 is 0 Å². The van der Waals surface area contributed by atoms with Crippen LogP contribution < -0.4 is 5.43 Å². The molecule has 0 radical (unpaired) electrons. The molecule has 0 fully saturated rings. The highest BCUT2D eigenvalue weighted by Gasteiger charge is 2.09. The number of rotatable bonds is 6. The maximum Gasteiger partial charge on any atom is 0.0545 e. The van der Waals surface area contributed by atoms with E-state index in [0.29, 0.717) is 0 Å². The van der Waals surface area contributed by atoms with Crippen molar-refractivity contribution in [1.29, 1.82) is 0 Å². The average molecular weight is 246 g/mol. The molecule has 2 heteroatoms. The Hall–Kier alpha value is -1.28. The van der Waals surface area contributed by atoms with Crippen LogP contribution in [0.4, 0.5) is 0 Å². The van der Waals surface area contributed by atoms with Crippen LogP contribution in [0.25, 0.3) is 0 Å². The summed E-state index contributed by atoms with van der Waals surface area (Å²) < 4.78 is 0. The zero-order valence-corrected chi connectivity index (χ0v) is 11.8. The maximum absolute atomic E-state index is 4.01. The Morgan fingerprint density at radius 2 is 1.89 bits per heavy atom. The Morgan fingerprint density at radius 1 is 1.17 bits per heavy atom. The second-order valence-corrected chi connectivity index (χ2v) is 5.12. The van der Waals surface area contributed by atoms with Gasteiger partial charge in [-0.15, -0.1) is 0 Å². The van der Waals surface area contributed by atoms with E-state index in [4.69, 9.17) is 0 Å². The van der Waals surface area contributed by atoms with E-state index in [2.05, 4.69) is 48.7 Å². The van der Waals surface area contributed by atoms with Gasteiger partial charge in [0.15, 0.2) is 0 Å². The minimum Gasteiger partial charge on any atom is -0.308 e. The van der Waals surface area contributed by atoms with Gasteiger partial charge in [-0.2, -0.15) is 0 Å². The third kappa shape index (κ3) is 5.87. The fourth-order valence-electron chi connectivity index (χ4n) is 1.92. The van der Waals surface area contributed by atoms with E-state index in [1.807, 2.05) is 6.92 Å². The Balaban J connectivity index is 2.66. The van der Waals surface area contributed by atoms with Crippen LogP contribution in [0.5, 0.6) is 0 Å². The van der Waals surface area contributed by atoms with Crippen LogP contribution in [0.2, 0.25) is 0 Å². The van der Waals surface area contributed by atoms with Crippen molar-refractivity contribution in [2.75, 3.05) is 13.1 Å². The van der Waals surface area contributed by atoms with E-state index in [-0.39, 0.29) is 0 Å². The summed E-state index contributed by atoms with van der Waals surface area (Å²) in [4.78, 5) is 0. The smallest absolute Gasteiger partial charge is 0.0545 e. The van der Waals surface area contributed by atoms with Gasteiger partial charge in [-0.25, -0.2) is 5.43 Å². The minimum absolute atomic E-state index is 0.820. The van der Waals surface area contributed by atoms with Gasteiger partial charge in [0.2, 0.25) is 0 Å². The van der Waals surface area contributed by atoms with Crippen molar-refractivity contribution in [2.45, 2.75) is 39.5 Å². The van der Waals surface area contributed by atoms with Crippen molar-refractivity contribution in [3.8, 4) is 0 Å². The number of allylic oxidation sites excluding steroid dienone is 4. The van der Waals surface area contributed by atoms with E-state index >= 15 is 0 Å². The molecule has 1 aliphatic rings. The maximum atomic E-state index is 4.01. The second kappa shape index (κ2) is 7.93. The molecule has 0 aromatic heterocycles. The first kappa shape index (κ1) is 14.8. The molecule has 100 valence electrons. The molecule has 1 rings (SSSR count). The lowest BCUT2D eigenvalue weighted by atomic mass is 10.1. The normalized spacial score (nSPS) is 15.6. The quantitative estimate of drug-likeness (QED) is 0.564. The molecular formula is C16H26N2. The van der Waals surface area contributed by atoms with E-state index in [1.54, 1.807) is 0 Å². The predicted molar refractivity (Wildman–Crippen MR) is 80.0 cm³/mol. The van der Waals surface area contributed by atoms with Gasteiger partial charge >= 0.3 is 0 Å². The van der Waals surface area contributed by atoms with Crippen LogP contribution in [-0.4, -0.2) is 18.1 Å². The summed E-state index contributed by atoms with van der Waals surface area (Å²) in [7, 11) is 0. The van der Waals surface area contributed by atoms with Crippen LogP contribution in [0.1, 0.15) is 39.5 Å². The van der Waals surface area contributed by atoms with Gasteiger partial charge in [0, 0.05) is 12.2 Å². The monoisotopic (exact) mass is 246 g/mol. The summed E-state index contributed by atoms with van der Waals surface area (Å²) in [5, 5.41) is 2.23. The summed E-state index contributed by atoms with van der Waals surface area (Å²) >= 11 is 0. The molecule has 0 heterocycles. The Labute approximate surface area is 112 Å². The van der Waals surface area contributed by atoms with Crippen molar-refractivity contribution in [3.63, 3.8) is 0 Å². The standard InChI is InChI=1S/C16H26N2/c1-14(2)12-17-18(13-15(3)4)16-10-8-6-5-7-9-11-16/h5-6,11,17H,1,3,7-10,12-13H2,2,4H3. The predicted octanol–water partition coefficient (Wildman–Crippen LogP) is 3.96. The molecule has 1 aliphatic carbocycles. The molecule has 0 saturated carbocycles. The number of hydrazine groups is 1. The average Bonchev–Trinajstić information content (AvgIpc) is 2.23. The lowest BCUT2D eigenvalue weighted by Gasteiger charge is -2.29. The SMILES string of the molecule is C=C(C)CNN(CC(=C)C)C1=CCCC=CCC1.